The van der Waals surface area contributed by atoms with Gasteiger partial charge in [-0.15, -0.1) is 0 Å². The summed E-state index contributed by atoms with van der Waals surface area (Å²) in [4.78, 5) is 28.3. The Labute approximate surface area is 158 Å². The van der Waals surface area contributed by atoms with Crippen LogP contribution in [0.15, 0.2) is 4.99 Å². The summed E-state index contributed by atoms with van der Waals surface area (Å²) in [6, 6.07) is 0.413. The number of guanidine groups is 1. The van der Waals surface area contributed by atoms with Crippen molar-refractivity contribution in [3.63, 3.8) is 0 Å². The number of aliphatic imine (C=N–C) groups is 1. The predicted octanol–water partition coefficient (Wildman–Crippen LogP) is 1.40. The minimum Gasteiger partial charge on any atom is -0.355 e. The van der Waals surface area contributed by atoms with E-state index in [1.165, 1.54) is 0 Å². The van der Waals surface area contributed by atoms with Gasteiger partial charge < -0.3 is 21.3 Å². The number of rotatable bonds is 6. The summed E-state index contributed by atoms with van der Waals surface area (Å²) in [5.74, 6) is 0.964. The van der Waals surface area contributed by atoms with Crippen molar-refractivity contribution < 1.29 is 9.59 Å². The summed E-state index contributed by atoms with van der Waals surface area (Å²) in [6.07, 6.45) is 3.83. The average molecular weight is 368 g/mol. The quantitative estimate of drug-likeness (QED) is 0.324. The Hall–Kier alpha value is -1.79. The van der Waals surface area contributed by atoms with Gasteiger partial charge in [0.25, 0.3) is 0 Å². The van der Waals surface area contributed by atoms with E-state index >= 15 is 0 Å². The summed E-state index contributed by atoms with van der Waals surface area (Å²) < 4.78 is 0. The van der Waals surface area contributed by atoms with Crippen molar-refractivity contribution in [3.8, 4) is 0 Å². The third-order valence-corrected chi connectivity index (χ3v) is 4.42. The molecule has 1 saturated carbocycles. The zero-order chi connectivity index (χ0) is 19.7. The number of hydrogen-bond donors (Lipinski definition) is 4. The van der Waals surface area contributed by atoms with Gasteiger partial charge in [-0.25, -0.2) is 0 Å². The molecule has 1 fully saturated rings. The van der Waals surface area contributed by atoms with E-state index in [2.05, 4.69) is 26.3 Å². The molecule has 0 spiro atoms. The van der Waals surface area contributed by atoms with Crippen LogP contribution in [0.5, 0.6) is 0 Å². The maximum atomic E-state index is 12.2. The van der Waals surface area contributed by atoms with E-state index in [9.17, 15) is 9.59 Å². The topological polar surface area (TPSA) is 94.6 Å². The molecule has 7 heteroatoms. The zero-order valence-electron chi connectivity index (χ0n) is 17.2. The Morgan fingerprint density at radius 3 is 2.35 bits per heavy atom. The third-order valence-electron chi connectivity index (χ3n) is 4.42. The summed E-state index contributed by atoms with van der Waals surface area (Å²) in [5.41, 5.74) is -0.381. The van der Waals surface area contributed by atoms with Gasteiger partial charge >= 0.3 is 0 Å². The van der Waals surface area contributed by atoms with Crippen molar-refractivity contribution in [1.82, 2.24) is 21.3 Å². The molecule has 26 heavy (non-hydrogen) atoms. The molecule has 150 valence electrons. The van der Waals surface area contributed by atoms with Crippen LogP contribution in [0.25, 0.3) is 0 Å². The van der Waals surface area contributed by atoms with Crippen LogP contribution in [0.2, 0.25) is 0 Å². The Balaban J connectivity index is 2.38. The molecule has 0 aromatic heterocycles. The van der Waals surface area contributed by atoms with Crippen LogP contribution in [-0.2, 0) is 9.59 Å². The van der Waals surface area contributed by atoms with Gasteiger partial charge in [0.15, 0.2) is 5.96 Å². The largest absolute Gasteiger partial charge is 0.355 e. The SMILES string of the molecule is CN=C(NCCNC(=O)C(C)(C)C)NC1CCCC(C(=O)NC(C)C)C1. The fourth-order valence-corrected chi connectivity index (χ4v) is 2.97. The second kappa shape index (κ2) is 10.4. The molecular formula is C19H37N5O2. The van der Waals surface area contributed by atoms with Gasteiger partial charge in [-0.1, -0.05) is 27.2 Å². The molecule has 0 bridgehead atoms. The molecule has 7 nitrogen and oxygen atoms in total. The smallest absolute Gasteiger partial charge is 0.225 e. The molecule has 1 aliphatic rings. The van der Waals surface area contributed by atoms with Crippen LogP contribution in [-0.4, -0.2) is 50.0 Å². The molecule has 2 unspecified atom stereocenters. The second-order valence-corrected chi connectivity index (χ2v) is 8.37. The molecule has 0 aliphatic heterocycles. The summed E-state index contributed by atoms with van der Waals surface area (Å²) >= 11 is 0. The fraction of sp³-hybridized carbons (Fsp3) is 0.842. The van der Waals surface area contributed by atoms with E-state index in [0.717, 1.165) is 25.7 Å². The van der Waals surface area contributed by atoms with Gasteiger partial charge in [-0.2, -0.15) is 0 Å². The molecule has 2 atom stereocenters. The number of hydrogen-bond acceptors (Lipinski definition) is 3. The van der Waals surface area contributed by atoms with E-state index < -0.39 is 0 Å². The molecule has 0 aromatic rings. The van der Waals surface area contributed by atoms with E-state index in [1.54, 1.807) is 7.05 Å². The molecular weight excluding hydrogens is 330 g/mol. The Morgan fingerprint density at radius 2 is 1.77 bits per heavy atom. The molecule has 2 amide bonds. The predicted molar refractivity (Wildman–Crippen MR) is 106 cm³/mol. The highest BCUT2D eigenvalue weighted by molar-refractivity contribution is 5.82. The highest BCUT2D eigenvalue weighted by atomic mass is 16.2. The minimum atomic E-state index is -0.381. The lowest BCUT2D eigenvalue weighted by Crippen LogP contribution is -2.49. The van der Waals surface area contributed by atoms with Crippen LogP contribution in [0.3, 0.4) is 0 Å². The lowest BCUT2D eigenvalue weighted by molar-refractivity contribution is -0.128. The van der Waals surface area contributed by atoms with Gasteiger partial charge in [0.05, 0.1) is 0 Å². The van der Waals surface area contributed by atoms with Crippen molar-refractivity contribution in [1.29, 1.82) is 0 Å². The van der Waals surface area contributed by atoms with Crippen LogP contribution in [0.4, 0.5) is 0 Å². The number of carbonyl (C=O) groups excluding carboxylic acids is 2. The normalized spacial score (nSPS) is 21.3. The van der Waals surface area contributed by atoms with E-state index in [0.29, 0.717) is 19.0 Å². The first-order valence-corrected chi connectivity index (χ1v) is 9.69. The molecule has 1 rings (SSSR count). The summed E-state index contributed by atoms with van der Waals surface area (Å²) in [5, 5.41) is 12.6. The minimum absolute atomic E-state index is 0.0357. The number of amides is 2. The van der Waals surface area contributed by atoms with Crippen LogP contribution in [0, 0.1) is 11.3 Å². The Morgan fingerprint density at radius 1 is 1.12 bits per heavy atom. The van der Waals surface area contributed by atoms with Gasteiger partial charge in [0.1, 0.15) is 0 Å². The summed E-state index contributed by atoms with van der Waals surface area (Å²) in [7, 11) is 1.73. The van der Waals surface area contributed by atoms with Crippen molar-refractivity contribution in [2.24, 2.45) is 16.3 Å². The highest BCUT2D eigenvalue weighted by Crippen LogP contribution is 2.24. The average Bonchev–Trinajstić information content (AvgIpc) is 2.56. The van der Waals surface area contributed by atoms with E-state index in [-0.39, 0.29) is 35.2 Å². The molecule has 1 aliphatic carbocycles. The highest BCUT2D eigenvalue weighted by Gasteiger charge is 2.28. The van der Waals surface area contributed by atoms with Crippen molar-refractivity contribution in [2.45, 2.75) is 72.4 Å². The molecule has 0 heterocycles. The Bertz CT molecular complexity index is 497. The molecule has 0 aromatic carbocycles. The number of nitrogens with one attached hydrogen (secondary N) is 4. The number of nitrogens with zero attached hydrogens (tertiary/aromatic N) is 1. The van der Waals surface area contributed by atoms with Gasteiger partial charge in [-0.05, 0) is 33.1 Å². The lowest BCUT2D eigenvalue weighted by atomic mass is 9.85. The zero-order valence-corrected chi connectivity index (χ0v) is 17.2. The molecule has 0 radical (unpaired) electrons. The van der Waals surface area contributed by atoms with Gasteiger partial charge in [0, 0.05) is 43.6 Å². The van der Waals surface area contributed by atoms with Crippen molar-refractivity contribution >= 4 is 17.8 Å². The Kier molecular flexibility index (Phi) is 8.88. The van der Waals surface area contributed by atoms with Crippen LogP contribution in [0.1, 0.15) is 60.3 Å². The molecule has 4 N–H and O–H groups in total. The maximum Gasteiger partial charge on any atom is 0.225 e. The van der Waals surface area contributed by atoms with Crippen molar-refractivity contribution in [2.75, 3.05) is 20.1 Å². The lowest BCUT2D eigenvalue weighted by Gasteiger charge is -2.30. The second-order valence-electron chi connectivity index (χ2n) is 8.37. The fourth-order valence-electron chi connectivity index (χ4n) is 2.97. The van der Waals surface area contributed by atoms with Gasteiger partial charge in [-0.3, -0.25) is 14.6 Å². The maximum absolute atomic E-state index is 12.2. The molecule has 0 saturated heterocycles. The van der Waals surface area contributed by atoms with Crippen LogP contribution < -0.4 is 21.3 Å². The number of carbonyl (C=O) groups is 2. The van der Waals surface area contributed by atoms with Crippen molar-refractivity contribution in [3.05, 3.63) is 0 Å². The first kappa shape index (κ1) is 22.3. The first-order valence-electron chi connectivity index (χ1n) is 9.69. The van der Waals surface area contributed by atoms with E-state index in [1.807, 2.05) is 34.6 Å². The monoisotopic (exact) mass is 367 g/mol. The van der Waals surface area contributed by atoms with Crippen LogP contribution >= 0.6 is 0 Å². The first-order chi connectivity index (χ1) is 12.1. The summed E-state index contributed by atoms with van der Waals surface area (Å²) in [6.45, 7) is 10.8. The van der Waals surface area contributed by atoms with E-state index in [4.69, 9.17) is 0 Å². The standard InChI is InChI=1S/C19H37N5O2/c1-13(2)23-16(25)14-8-7-9-15(12-14)24-18(20-6)22-11-10-21-17(26)19(3,4)5/h13-15H,7-12H2,1-6H3,(H,21,26)(H,23,25)(H2,20,22,24). The third kappa shape index (κ3) is 8.06. The van der Waals surface area contributed by atoms with Gasteiger partial charge in [0.2, 0.25) is 11.8 Å².